The van der Waals surface area contributed by atoms with Crippen LogP contribution in [0.25, 0.3) is 0 Å². The number of halogens is 1. The molecule has 0 bridgehead atoms. The van der Waals surface area contributed by atoms with Gasteiger partial charge in [-0.2, -0.15) is 0 Å². The molecule has 1 aliphatic heterocycles. The van der Waals surface area contributed by atoms with Crippen molar-refractivity contribution in [3.05, 3.63) is 34.3 Å². The fourth-order valence-corrected chi connectivity index (χ4v) is 2.79. The summed E-state index contributed by atoms with van der Waals surface area (Å²) >= 11 is 6.13. The molecule has 2 rings (SSSR count). The molecular weight excluding hydrogens is 262 g/mol. The van der Waals surface area contributed by atoms with E-state index in [0.717, 1.165) is 23.6 Å². The number of likely N-dealkylation sites (tertiary alicyclic amines) is 1. The predicted molar refractivity (Wildman–Crippen MR) is 76.5 cm³/mol. The standard InChI is InChI=1S/C15H20ClNO2/c1-11-13(4-3-5-14(11)16)8-12-9-15(18)17(10-12)6-7-19-2/h3-5,12H,6-10H2,1-2H3. The molecule has 1 saturated heterocycles. The van der Waals surface area contributed by atoms with Crippen molar-refractivity contribution in [2.75, 3.05) is 26.8 Å². The third kappa shape index (κ3) is 3.48. The van der Waals surface area contributed by atoms with Crippen LogP contribution in [0.2, 0.25) is 5.02 Å². The van der Waals surface area contributed by atoms with Gasteiger partial charge < -0.3 is 9.64 Å². The largest absolute Gasteiger partial charge is 0.383 e. The first-order valence-corrected chi connectivity index (χ1v) is 7.00. The number of methoxy groups -OCH3 is 1. The Kier molecular flexibility index (Phi) is 4.83. The van der Waals surface area contributed by atoms with Crippen molar-refractivity contribution >= 4 is 17.5 Å². The van der Waals surface area contributed by atoms with Crippen LogP contribution in [0.4, 0.5) is 0 Å². The molecule has 4 heteroatoms. The zero-order chi connectivity index (χ0) is 13.8. The molecule has 1 unspecified atom stereocenters. The molecule has 1 amide bonds. The normalized spacial score (nSPS) is 19.2. The Morgan fingerprint density at radius 2 is 2.26 bits per heavy atom. The van der Waals surface area contributed by atoms with Crippen LogP contribution in [-0.4, -0.2) is 37.6 Å². The number of hydrogen-bond acceptors (Lipinski definition) is 2. The lowest BCUT2D eigenvalue weighted by Crippen LogP contribution is -2.28. The van der Waals surface area contributed by atoms with Gasteiger partial charge in [0.05, 0.1) is 6.61 Å². The van der Waals surface area contributed by atoms with Gasteiger partial charge in [0, 0.05) is 31.6 Å². The summed E-state index contributed by atoms with van der Waals surface area (Å²) in [4.78, 5) is 13.8. The maximum atomic E-state index is 11.9. The minimum absolute atomic E-state index is 0.238. The van der Waals surface area contributed by atoms with Crippen molar-refractivity contribution in [3.8, 4) is 0 Å². The van der Waals surface area contributed by atoms with Crippen molar-refractivity contribution in [3.63, 3.8) is 0 Å². The quantitative estimate of drug-likeness (QED) is 0.830. The Bertz CT molecular complexity index is 461. The second-order valence-corrected chi connectivity index (χ2v) is 5.54. The van der Waals surface area contributed by atoms with E-state index in [1.807, 2.05) is 24.0 Å². The highest BCUT2D eigenvalue weighted by Crippen LogP contribution is 2.26. The van der Waals surface area contributed by atoms with Gasteiger partial charge in [-0.1, -0.05) is 23.7 Å². The molecule has 1 aromatic rings. The monoisotopic (exact) mass is 281 g/mol. The molecule has 1 atom stereocenters. The summed E-state index contributed by atoms with van der Waals surface area (Å²) in [5.74, 6) is 0.628. The third-order valence-electron chi connectivity index (χ3n) is 3.75. The Balaban J connectivity index is 1.97. The van der Waals surface area contributed by atoms with E-state index < -0.39 is 0 Å². The zero-order valence-corrected chi connectivity index (χ0v) is 12.2. The van der Waals surface area contributed by atoms with E-state index in [9.17, 15) is 4.79 Å². The molecule has 0 aliphatic carbocycles. The van der Waals surface area contributed by atoms with Crippen LogP contribution in [0.3, 0.4) is 0 Å². The van der Waals surface area contributed by atoms with E-state index in [1.165, 1.54) is 5.56 Å². The third-order valence-corrected chi connectivity index (χ3v) is 4.16. The number of benzene rings is 1. The Morgan fingerprint density at radius 3 is 3.00 bits per heavy atom. The van der Waals surface area contributed by atoms with Crippen LogP contribution in [0.5, 0.6) is 0 Å². The number of nitrogens with zero attached hydrogens (tertiary/aromatic N) is 1. The first-order valence-electron chi connectivity index (χ1n) is 6.62. The SMILES string of the molecule is COCCN1CC(Cc2cccc(Cl)c2C)CC1=O. The fourth-order valence-electron chi connectivity index (χ4n) is 2.59. The van der Waals surface area contributed by atoms with Crippen molar-refractivity contribution in [2.24, 2.45) is 5.92 Å². The maximum Gasteiger partial charge on any atom is 0.223 e. The van der Waals surface area contributed by atoms with Gasteiger partial charge in [0.1, 0.15) is 0 Å². The van der Waals surface area contributed by atoms with Gasteiger partial charge in [0.2, 0.25) is 5.91 Å². The molecule has 3 nitrogen and oxygen atoms in total. The molecular formula is C15H20ClNO2. The van der Waals surface area contributed by atoms with E-state index in [-0.39, 0.29) is 5.91 Å². The summed E-state index contributed by atoms with van der Waals surface area (Å²) in [5, 5.41) is 0.804. The molecule has 0 saturated carbocycles. The van der Waals surface area contributed by atoms with Gasteiger partial charge in [0.15, 0.2) is 0 Å². The Morgan fingerprint density at radius 1 is 1.47 bits per heavy atom. The number of carbonyl (C=O) groups excluding carboxylic acids is 1. The summed E-state index contributed by atoms with van der Waals surface area (Å²) in [6.45, 7) is 4.17. The number of rotatable bonds is 5. The lowest BCUT2D eigenvalue weighted by Gasteiger charge is -2.16. The molecule has 1 heterocycles. The summed E-state index contributed by atoms with van der Waals surface area (Å²) in [7, 11) is 1.66. The summed E-state index contributed by atoms with van der Waals surface area (Å²) in [6, 6.07) is 5.98. The van der Waals surface area contributed by atoms with Crippen LogP contribution < -0.4 is 0 Å². The molecule has 1 aromatic carbocycles. The van der Waals surface area contributed by atoms with Crippen LogP contribution in [0.15, 0.2) is 18.2 Å². The minimum atomic E-state index is 0.238. The average molecular weight is 282 g/mol. The molecule has 1 aliphatic rings. The van der Waals surface area contributed by atoms with E-state index in [0.29, 0.717) is 25.5 Å². The fraction of sp³-hybridized carbons (Fsp3) is 0.533. The van der Waals surface area contributed by atoms with E-state index >= 15 is 0 Å². The van der Waals surface area contributed by atoms with E-state index in [1.54, 1.807) is 7.11 Å². The minimum Gasteiger partial charge on any atom is -0.383 e. The molecule has 0 spiro atoms. The first kappa shape index (κ1) is 14.4. The summed E-state index contributed by atoms with van der Waals surface area (Å²) in [6.07, 6.45) is 1.55. The number of amides is 1. The molecule has 104 valence electrons. The van der Waals surface area contributed by atoms with Crippen molar-refractivity contribution in [1.29, 1.82) is 0 Å². The van der Waals surface area contributed by atoms with Crippen LogP contribution in [0, 0.1) is 12.8 Å². The van der Waals surface area contributed by atoms with Crippen molar-refractivity contribution < 1.29 is 9.53 Å². The zero-order valence-electron chi connectivity index (χ0n) is 11.5. The van der Waals surface area contributed by atoms with Gasteiger partial charge in [0.25, 0.3) is 0 Å². The highest BCUT2D eigenvalue weighted by molar-refractivity contribution is 6.31. The highest BCUT2D eigenvalue weighted by Gasteiger charge is 2.29. The van der Waals surface area contributed by atoms with E-state index in [2.05, 4.69) is 6.07 Å². The lowest BCUT2D eigenvalue weighted by molar-refractivity contribution is -0.128. The highest BCUT2D eigenvalue weighted by atomic mass is 35.5. The van der Waals surface area contributed by atoms with Crippen LogP contribution >= 0.6 is 11.6 Å². The first-order chi connectivity index (χ1) is 9.11. The van der Waals surface area contributed by atoms with Gasteiger partial charge >= 0.3 is 0 Å². The second kappa shape index (κ2) is 6.40. The van der Waals surface area contributed by atoms with Crippen LogP contribution in [-0.2, 0) is 16.0 Å². The van der Waals surface area contributed by atoms with Gasteiger partial charge in [-0.05, 0) is 36.5 Å². The number of ether oxygens (including phenoxy) is 1. The Hall–Kier alpha value is -1.06. The Labute approximate surface area is 119 Å². The average Bonchev–Trinajstić information content (AvgIpc) is 2.73. The van der Waals surface area contributed by atoms with Crippen molar-refractivity contribution in [1.82, 2.24) is 4.90 Å². The smallest absolute Gasteiger partial charge is 0.223 e. The van der Waals surface area contributed by atoms with Crippen molar-refractivity contribution in [2.45, 2.75) is 19.8 Å². The predicted octanol–water partition coefficient (Wildman–Crippen LogP) is 2.69. The summed E-state index contributed by atoms with van der Waals surface area (Å²) < 4.78 is 5.03. The number of hydrogen-bond donors (Lipinski definition) is 0. The van der Waals surface area contributed by atoms with Gasteiger partial charge in [-0.25, -0.2) is 0 Å². The molecule has 0 N–H and O–H groups in total. The topological polar surface area (TPSA) is 29.5 Å². The second-order valence-electron chi connectivity index (χ2n) is 5.13. The summed E-state index contributed by atoms with van der Waals surface area (Å²) in [5.41, 5.74) is 2.38. The van der Waals surface area contributed by atoms with Crippen LogP contribution in [0.1, 0.15) is 17.5 Å². The molecule has 19 heavy (non-hydrogen) atoms. The number of carbonyl (C=O) groups is 1. The lowest BCUT2D eigenvalue weighted by atomic mass is 9.95. The van der Waals surface area contributed by atoms with E-state index in [4.69, 9.17) is 16.3 Å². The maximum absolute atomic E-state index is 11.9. The van der Waals surface area contributed by atoms with Gasteiger partial charge in [-0.3, -0.25) is 4.79 Å². The molecule has 1 fully saturated rings. The molecule has 0 radical (unpaired) electrons. The molecule has 0 aromatic heterocycles. The van der Waals surface area contributed by atoms with Gasteiger partial charge in [-0.15, -0.1) is 0 Å².